The van der Waals surface area contributed by atoms with Crippen LogP contribution in [0.3, 0.4) is 0 Å². The van der Waals surface area contributed by atoms with Crippen molar-refractivity contribution in [1.29, 1.82) is 0 Å². The van der Waals surface area contributed by atoms with Gasteiger partial charge < -0.3 is 14.6 Å². The highest BCUT2D eigenvalue weighted by Crippen LogP contribution is 2.29. The van der Waals surface area contributed by atoms with Crippen LogP contribution in [0.15, 0.2) is 47.8 Å². The lowest BCUT2D eigenvalue weighted by atomic mass is 10.1. The van der Waals surface area contributed by atoms with E-state index in [0.717, 1.165) is 21.8 Å². The average molecular weight is 381 g/mol. The molecule has 27 heavy (non-hydrogen) atoms. The Morgan fingerprint density at radius 1 is 1.15 bits per heavy atom. The molecule has 2 aromatic carbocycles. The predicted molar refractivity (Wildman–Crippen MR) is 107 cm³/mol. The molecule has 138 valence electrons. The quantitative estimate of drug-likeness (QED) is 0.639. The van der Waals surface area contributed by atoms with E-state index in [2.05, 4.69) is 36.2 Å². The van der Waals surface area contributed by atoms with E-state index >= 15 is 0 Å². The topological polar surface area (TPSA) is 68.7 Å². The first-order valence-electron chi connectivity index (χ1n) is 8.28. The van der Waals surface area contributed by atoms with Crippen molar-refractivity contribution in [3.8, 4) is 22.8 Å². The van der Waals surface area contributed by atoms with Gasteiger partial charge in [-0.15, -0.1) is 11.3 Å². The molecule has 5 nitrogen and oxygen atoms in total. The Morgan fingerprint density at radius 3 is 2.63 bits per heavy atom. The highest BCUT2D eigenvalue weighted by molar-refractivity contribution is 7.10. The zero-order chi connectivity index (χ0) is 19.2. The molecule has 1 N–H and O–H groups in total. The lowest BCUT2D eigenvalue weighted by Gasteiger charge is -2.09. The van der Waals surface area contributed by atoms with Gasteiger partial charge in [-0.1, -0.05) is 42.0 Å². The SMILES string of the molecule is COc1cc(/C=C/c2nc(-c3ccc(C)cc3)cs2)ccc1OCC(=O)O. The molecule has 0 atom stereocenters. The van der Waals surface area contributed by atoms with Crippen LogP contribution in [0.1, 0.15) is 16.1 Å². The number of rotatable bonds is 7. The summed E-state index contributed by atoms with van der Waals surface area (Å²) in [5.74, 6) is -0.153. The molecule has 6 heteroatoms. The van der Waals surface area contributed by atoms with Crippen molar-refractivity contribution >= 4 is 29.5 Å². The largest absolute Gasteiger partial charge is 0.493 e. The molecule has 0 saturated carbocycles. The molecule has 0 saturated heterocycles. The lowest BCUT2D eigenvalue weighted by molar-refractivity contribution is -0.139. The van der Waals surface area contributed by atoms with Crippen LogP contribution in [-0.2, 0) is 4.79 Å². The van der Waals surface area contributed by atoms with E-state index in [0.29, 0.717) is 11.5 Å². The molecular weight excluding hydrogens is 362 g/mol. The van der Waals surface area contributed by atoms with E-state index in [4.69, 9.17) is 14.6 Å². The Hall–Kier alpha value is -3.12. The number of hydrogen-bond acceptors (Lipinski definition) is 5. The summed E-state index contributed by atoms with van der Waals surface area (Å²) in [5, 5.41) is 11.7. The standard InChI is InChI=1S/C21H19NO4S/c1-14-3-7-16(8-4-14)17-13-27-20(22-17)10-6-15-5-9-18(19(11-15)25-2)26-12-21(23)24/h3-11,13H,12H2,1-2H3,(H,23,24)/b10-6+. The van der Waals surface area contributed by atoms with Crippen molar-refractivity contribution in [2.24, 2.45) is 0 Å². The second-order valence-electron chi connectivity index (χ2n) is 5.86. The van der Waals surface area contributed by atoms with Gasteiger partial charge in [-0.25, -0.2) is 9.78 Å². The van der Waals surface area contributed by atoms with Gasteiger partial charge in [-0.3, -0.25) is 0 Å². The van der Waals surface area contributed by atoms with Gasteiger partial charge in [-0.2, -0.15) is 0 Å². The van der Waals surface area contributed by atoms with Crippen molar-refractivity contribution < 1.29 is 19.4 Å². The Balaban J connectivity index is 1.74. The number of carboxylic acid groups (broad SMARTS) is 1. The van der Waals surface area contributed by atoms with Crippen molar-refractivity contribution in [1.82, 2.24) is 4.98 Å². The fourth-order valence-electron chi connectivity index (χ4n) is 2.44. The Morgan fingerprint density at radius 2 is 1.93 bits per heavy atom. The molecule has 3 rings (SSSR count). The van der Waals surface area contributed by atoms with Gasteiger partial charge in [-0.05, 0) is 30.7 Å². The molecule has 0 radical (unpaired) electrons. The van der Waals surface area contributed by atoms with E-state index in [1.54, 1.807) is 23.5 Å². The number of aromatic nitrogens is 1. The number of aryl methyl sites for hydroxylation is 1. The Bertz CT molecular complexity index is 961. The van der Waals surface area contributed by atoms with Crippen LogP contribution in [-0.4, -0.2) is 29.8 Å². The van der Waals surface area contributed by atoms with Crippen molar-refractivity contribution in [2.45, 2.75) is 6.92 Å². The third kappa shape index (κ3) is 4.95. The van der Waals surface area contributed by atoms with Gasteiger partial charge in [0.1, 0.15) is 5.01 Å². The maximum atomic E-state index is 10.6. The number of benzene rings is 2. The molecule has 3 aromatic rings. The molecule has 0 aliphatic heterocycles. The zero-order valence-electron chi connectivity index (χ0n) is 15.0. The van der Waals surface area contributed by atoms with E-state index in [1.807, 2.05) is 23.6 Å². The number of nitrogens with zero attached hydrogens (tertiary/aromatic N) is 1. The smallest absolute Gasteiger partial charge is 0.341 e. The van der Waals surface area contributed by atoms with Crippen LogP contribution in [0.2, 0.25) is 0 Å². The first kappa shape index (κ1) is 18.7. The number of carboxylic acids is 1. The Kier molecular flexibility index (Phi) is 5.88. The monoisotopic (exact) mass is 381 g/mol. The number of thiazole rings is 1. The minimum Gasteiger partial charge on any atom is -0.493 e. The van der Waals surface area contributed by atoms with Gasteiger partial charge in [0.15, 0.2) is 18.1 Å². The number of ether oxygens (including phenoxy) is 2. The highest BCUT2D eigenvalue weighted by Gasteiger charge is 2.07. The summed E-state index contributed by atoms with van der Waals surface area (Å²) in [7, 11) is 1.52. The van der Waals surface area contributed by atoms with Crippen molar-refractivity contribution in [3.63, 3.8) is 0 Å². The van der Waals surface area contributed by atoms with Gasteiger partial charge >= 0.3 is 5.97 Å². The van der Waals surface area contributed by atoms with Crippen molar-refractivity contribution in [3.05, 3.63) is 64.0 Å². The number of methoxy groups -OCH3 is 1. The fraction of sp³-hybridized carbons (Fsp3) is 0.143. The van der Waals surface area contributed by atoms with E-state index in [1.165, 1.54) is 12.7 Å². The molecule has 0 aliphatic rings. The van der Waals surface area contributed by atoms with E-state index < -0.39 is 12.6 Å². The second-order valence-corrected chi connectivity index (χ2v) is 6.75. The molecule has 0 spiro atoms. The molecule has 0 amide bonds. The molecule has 0 fully saturated rings. The molecule has 0 bridgehead atoms. The van der Waals surface area contributed by atoms with E-state index in [9.17, 15) is 4.79 Å². The summed E-state index contributed by atoms with van der Waals surface area (Å²) in [6.45, 7) is 1.65. The van der Waals surface area contributed by atoms with Gasteiger partial charge in [0.05, 0.1) is 12.8 Å². The maximum Gasteiger partial charge on any atom is 0.341 e. The summed E-state index contributed by atoms with van der Waals surface area (Å²) < 4.78 is 10.5. The molecular formula is C21H19NO4S. The Labute approximate surface area is 161 Å². The molecule has 0 unspecified atom stereocenters. The van der Waals surface area contributed by atoms with Crippen molar-refractivity contribution in [2.75, 3.05) is 13.7 Å². The molecule has 1 aromatic heterocycles. The predicted octanol–water partition coefficient (Wildman–Crippen LogP) is 4.76. The van der Waals surface area contributed by atoms with Crippen LogP contribution in [0.4, 0.5) is 0 Å². The maximum absolute atomic E-state index is 10.6. The zero-order valence-corrected chi connectivity index (χ0v) is 15.8. The van der Waals surface area contributed by atoms with Gasteiger partial charge in [0.25, 0.3) is 0 Å². The van der Waals surface area contributed by atoms with Crippen LogP contribution in [0, 0.1) is 6.92 Å². The third-order valence-corrected chi connectivity index (χ3v) is 4.64. The van der Waals surface area contributed by atoms with Crippen LogP contribution < -0.4 is 9.47 Å². The highest BCUT2D eigenvalue weighted by atomic mass is 32.1. The van der Waals surface area contributed by atoms with Crippen LogP contribution in [0.25, 0.3) is 23.4 Å². The average Bonchev–Trinajstić information content (AvgIpc) is 3.14. The summed E-state index contributed by atoms with van der Waals surface area (Å²) >= 11 is 1.57. The third-order valence-electron chi connectivity index (χ3n) is 3.83. The van der Waals surface area contributed by atoms with Crippen LogP contribution in [0.5, 0.6) is 11.5 Å². The summed E-state index contributed by atoms with van der Waals surface area (Å²) in [4.78, 5) is 15.3. The lowest BCUT2D eigenvalue weighted by Crippen LogP contribution is -2.10. The number of aliphatic carboxylic acids is 1. The minimum absolute atomic E-state index is 0.396. The normalized spacial score (nSPS) is 10.9. The molecule has 0 aliphatic carbocycles. The summed E-state index contributed by atoms with van der Waals surface area (Å²) in [5.41, 5.74) is 4.17. The second kappa shape index (κ2) is 8.51. The summed E-state index contributed by atoms with van der Waals surface area (Å²) in [6.07, 6.45) is 3.87. The minimum atomic E-state index is -1.03. The first-order chi connectivity index (χ1) is 13.0. The van der Waals surface area contributed by atoms with Gasteiger partial charge in [0.2, 0.25) is 0 Å². The number of hydrogen-bond donors (Lipinski definition) is 1. The van der Waals surface area contributed by atoms with E-state index in [-0.39, 0.29) is 0 Å². The summed E-state index contributed by atoms with van der Waals surface area (Å²) in [6, 6.07) is 13.6. The molecule has 1 heterocycles. The van der Waals surface area contributed by atoms with Crippen LogP contribution >= 0.6 is 11.3 Å². The first-order valence-corrected chi connectivity index (χ1v) is 9.16. The number of carbonyl (C=O) groups is 1. The van der Waals surface area contributed by atoms with Gasteiger partial charge in [0, 0.05) is 10.9 Å². The fourth-order valence-corrected chi connectivity index (χ4v) is 3.15.